The Labute approximate surface area is 169 Å². The zero-order valence-corrected chi connectivity index (χ0v) is 15.8. The molecule has 0 fully saturated rings. The van der Waals surface area contributed by atoms with Crippen LogP contribution in [0.1, 0.15) is 10.4 Å². The Morgan fingerprint density at radius 2 is 1.83 bits per heavy atom. The van der Waals surface area contributed by atoms with Gasteiger partial charge in [-0.3, -0.25) is 4.79 Å². The third kappa shape index (κ3) is 3.32. The summed E-state index contributed by atoms with van der Waals surface area (Å²) in [6.45, 7) is 0. The number of ether oxygens (including phenoxy) is 1. The highest BCUT2D eigenvalue weighted by molar-refractivity contribution is 7.99. The molecule has 8 nitrogen and oxygen atoms in total. The van der Waals surface area contributed by atoms with Gasteiger partial charge in [0.2, 0.25) is 11.1 Å². The fourth-order valence-corrected chi connectivity index (χ4v) is 3.79. The van der Waals surface area contributed by atoms with Gasteiger partial charge in [-0.25, -0.2) is 5.43 Å². The molecule has 0 saturated carbocycles. The molecule has 0 radical (unpaired) electrons. The van der Waals surface area contributed by atoms with E-state index in [1.165, 1.54) is 11.8 Å². The van der Waals surface area contributed by atoms with Gasteiger partial charge >= 0.3 is 0 Å². The number of para-hydroxylation sites is 1. The summed E-state index contributed by atoms with van der Waals surface area (Å²) in [5.74, 6) is 0.872. The summed E-state index contributed by atoms with van der Waals surface area (Å²) in [6, 6.07) is 21.1. The first kappa shape index (κ1) is 17.4. The highest BCUT2D eigenvalue weighted by Crippen LogP contribution is 2.26. The van der Waals surface area contributed by atoms with Crippen molar-refractivity contribution in [3.8, 4) is 11.4 Å². The third-order valence-electron chi connectivity index (χ3n) is 4.40. The minimum atomic E-state index is -0.304. The number of fused-ring (bicyclic) bond motifs is 2. The number of nitrogens with zero attached hydrogens (tertiary/aromatic N) is 5. The number of aromatic nitrogens is 4. The molecule has 0 aliphatic carbocycles. The van der Waals surface area contributed by atoms with Crippen molar-refractivity contribution in [1.29, 1.82) is 0 Å². The lowest BCUT2D eigenvalue weighted by molar-refractivity contribution is 0.0955. The molecule has 3 aromatic carbocycles. The van der Waals surface area contributed by atoms with E-state index in [1.54, 1.807) is 22.9 Å². The number of hydrogen-bond donors (Lipinski definition) is 1. The summed E-state index contributed by atoms with van der Waals surface area (Å²) < 4.78 is 7.50. The van der Waals surface area contributed by atoms with Gasteiger partial charge in [0.1, 0.15) is 5.75 Å². The largest absolute Gasteiger partial charge is 0.440 e. The second kappa shape index (κ2) is 7.36. The summed E-state index contributed by atoms with van der Waals surface area (Å²) in [6.07, 6.45) is 0. The van der Waals surface area contributed by atoms with Crippen LogP contribution in [0.3, 0.4) is 0 Å². The monoisotopic (exact) mass is 402 g/mol. The van der Waals surface area contributed by atoms with Crippen molar-refractivity contribution in [3.05, 3.63) is 72.3 Å². The predicted octanol–water partition coefficient (Wildman–Crippen LogP) is 3.04. The van der Waals surface area contributed by atoms with Crippen LogP contribution in [0.4, 0.5) is 0 Å². The Kier molecular flexibility index (Phi) is 4.41. The maximum Gasteiger partial charge on any atom is 0.275 e. The van der Waals surface area contributed by atoms with Crippen LogP contribution in [0, 0.1) is 0 Å². The molecule has 0 unspecified atom stereocenters. The lowest BCUT2D eigenvalue weighted by Gasteiger charge is -2.09. The van der Waals surface area contributed by atoms with Gasteiger partial charge in [-0.05, 0) is 34.0 Å². The van der Waals surface area contributed by atoms with E-state index in [-0.39, 0.29) is 5.91 Å². The average Bonchev–Trinajstić information content (AvgIpc) is 3.17. The number of carbonyl (C=O) groups is 1. The first-order valence-electron chi connectivity index (χ1n) is 8.83. The van der Waals surface area contributed by atoms with Crippen LogP contribution in [0.5, 0.6) is 5.75 Å². The van der Waals surface area contributed by atoms with Crippen LogP contribution < -0.4 is 10.2 Å². The molecule has 1 N–H and O–H groups in total. The highest BCUT2D eigenvalue weighted by Gasteiger charge is 2.19. The molecule has 0 bridgehead atoms. The summed E-state index contributed by atoms with van der Waals surface area (Å²) >= 11 is 1.37. The van der Waals surface area contributed by atoms with Crippen molar-refractivity contribution < 1.29 is 9.53 Å². The molecule has 1 amide bonds. The van der Waals surface area contributed by atoms with Crippen molar-refractivity contribution in [2.75, 3.05) is 5.75 Å². The number of amides is 1. The van der Waals surface area contributed by atoms with Gasteiger partial charge < -0.3 is 4.74 Å². The van der Waals surface area contributed by atoms with E-state index in [0.29, 0.717) is 28.1 Å². The molecule has 2 heterocycles. The predicted molar refractivity (Wildman–Crippen MR) is 109 cm³/mol. The average molecular weight is 402 g/mol. The molecule has 0 saturated heterocycles. The number of nitrogens with one attached hydrogen (secondary N) is 1. The summed E-state index contributed by atoms with van der Waals surface area (Å²) in [5, 5.41) is 18.9. The minimum absolute atomic E-state index is 0.304. The molecule has 1 aliphatic heterocycles. The van der Waals surface area contributed by atoms with E-state index in [9.17, 15) is 4.79 Å². The standard InChI is InChI=1S/C20H14N6O2S/c27-19-15-9-3-4-11-17(15)28-18(21-22-19)12-29-20-23-24-25-26(20)16-10-5-7-13-6-1-2-8-14(13)16/h1-11H,12H2,(H,22,27). The highest BCUT2D eigenvalue weighted by atomic mass is 32.2. The van der Waals surface area contributed by atoms with E-state index in [1.807, 2.05) is 48.5 Å². The van der Waals surface area contributed by atoms with Gasteiger partial charge in [-0.1, -0.05) is 60.3 Å². The van der Waals surface area contributed by atoms with Gasteiger partial charge in [-0.2, -0.15) is 4.68 Å². The van der Waals surface area contributed by atoms with Gasteiger partial charge in [0, 0.05) is 5.39 Å². The summed E-state index contributed by atoms with van der Waals surface area (Å²) in [4.78, 5) is 12.1. The maximum absolute atomic E-state index is 12.1. The van der Waals surface area contributed by atoms with Crippen molar-refractivity contribution >= 4 is 34.3 Å². The summed E-state index contributed by atoms with van der Waals surface area (Å²) in [7, 11) is 0. The molecular formula is C20H14N6O2S. The van der Waals surface area contributed by atoms with Crippen molar-refractivity contribution in [2.24, 2.45) is 5.10 Å². The molecule has 1 aliphatic rings. The zero-order valence-electron chi connectivity index (χ0n) is 15.0. The second-order valence-corrected chi connectivity index (χ2v) is 7.15. The quantitative estimate of drug-likeness (QED) is 0.527. The fourth-order valence-electron chi connectivity index (χ4n) is 3.07. The van der Waals surface area contributed by atoms with E-state index in [2.05, 4.69) is 26.1 Å². The zero-order chi connectivity index (χ0) is 19.6. The Hall–Kier alpha value is -3.72. The normalized spacial score (nSPS) is 13.2. The molecule has 0 atom stereocenters. The number of rotatable bonds is 4. The molecular weight excluding hydrogens is 388 g/mol. The van der Waals surface area contributed by atoms with Crippen LogP contribution in [0.2, 0.25) is 0 Å². The molecule has 4 aromatic rings. The number of hydrogen-bond acceptors (Lipinski definition) is 7. The number of thioether (sulfide) groups is 1. The smallest absolute Gasteiger partial charge is 0.275 e. The maximum atomic E-state index is 12.1. The lowest BCUT2D eigenvalue weighted by atomic mass is 10.1. The molecule has 0 spiro atoms. The Balaban J connectivity index is 1.41. The van der Waals surface area contributed by atoms with Crippen LogP contribution in [0.15, 0.2) is 77.0 Å². The first-order valence-corrected chi connectivity index (χ1v) is 9.81. The van der Waals surface area contributed by atoms with E-state index in [0.717, 1.165) is 16.5 Å². The van der Waals surface area contributed by atoms with Gasteiger partial charge in [-0.15, -0.1) is 10.2 Å². The van der Waals surface area contributed by atoms with Crippen LogP contribution in [0.25, 0.3) is 16.5 Å². The van der Waals surface area contributed by atoms with Crippen molar-refractivity contribution in [3.63, 3.8) is 0 Å². The third-order valence-corrected chi connectivity index (χ3v) is 5.31. The Morgan fingerprint density at radius 1 is 1.00 bits per heavy atom. The molecule has 9 heteroatoms. The molecule has 5 rings (SSSR count). The van der Waals surface area contributed by atoms with Crippen molar-refractivity contribution in [2.45, 2.75) is 5.16 Å². The minimum Gasteiger partial charge on any atom is -0.440 e. The SMILES string of the molecule is O=C1NN=C(CSc2nnnn2-c2cccc3ccccc23)Oc2ccccc21. The molecule has 142 valence electrons. The van der Waals surface area contributed by atoms with Crippen molar-refractivity contribution in [1.82, 2.24) is 25.6 Å². The topological polar surface area (TPSA) is 94.3 Å². The van der Waals surface area contributed by atoms with Crippen LogP contribution in [-0.4, -0.2) is 37.8 Å². The Bertz CT molecular complexity index is 1250. The van der Waals surface area contributed by atoms with Gasteiger partial charge in [0.25, 0.3) is 5.91 Å². The van der Waals surface area contributed by atoms with E-state index >= 15 is 0 Å². The number of carbonyl (C=O) groups excluding carboxylic acids is 1. The van der Waals surface area contributed by atoms with E-state index < -0.39 is 0 Å². The number of tetrazole rings is 1. The van der Waals surface area contributed by atoms with Gasteiger partial charge in [0.15, 0.2) is 0 Å². The van der Waals surface area contributed by atoms with E-state index in [4.69, 9.17) is 4.74 Å². The van der Waals surface area contributed by atoms with Gasteiger partial charge in [0.05, 0.1) is 17.0 Å². The van der Waals surface area contributed by atoms with Crippen LogP contribution >= 0.6 is 11.8 Å². The Morgan fingerprint density at radius 3 is 2.79 bits per heavy atom. The first-order chi connectivity index (χ1) is 14.3. The summed E-state index contributed by atoms with van der Waals surface area (Å²) in [5.41, 5.74) is 3.83. The lowest BCUT2D eigenvalue weighted by Crippen LogP contribution is -2.18. The fraction of sp³-hybridized carbons (Fsp3) is 0.0500. The molecule has 29 heavy (non-hydrogen) atoms. The number of hydrazone groups is 1. The molecule has 1 aromatic heterocycles. The number of benzene rings is 3. The van der Waals surface area contributed by atoms with Crippen LogP contribution in [-0.2, 0) is 0 Å². The second-order valence-electron chi connectivity index (χ2n) is 6.20.